The quantitative estimate of drug-likeness (QED) is 0.453. The molecule has 156 valence electrons. The summed E-state index contributed by atoms with van der Waals surface area (Å²) < 4.78 is 31.4. The standard InChI is InChI=1S/C19H24N4O5S/c1-28-13-12-23-29(26,27)17-4-2-16(3-5-17)19(25)21-11-8-18(24)22-14-15-6-9-20-10-7-15/h2-7,9-10,23H,8,11-14H2,1H3,(H,21,25)(H,22,24). The molecule has 2 amide bonds. The zero-order valence-corrected chi connectivity index (χ0v) is 16.9. The van der Waals surface area contributed by atoms with Crippen molar-refractivity contribution in [2.45, 2.75) is 17.9 Å². The minimum absolute atomic E-state index is 0.0562. The van der Waals surface area contributed by atoms with E-state index in [2.05, 4.69) is 20.3 Å². The van der Waals surface area contributed by atoms with Gasteiger partial charge in [-0.2, -0.15) is 0 Å². The van der Waals surface area contributed by atoms with E-state index in [1.807, 2.05) is 0 Å². The van der Waals surface area contributed by atoms with E-state index in [0.29, 0.717) is 12.1 Å². The molecule has 0 saturated carbocycles. The number of ether oxygens (including phenoxy) is 1. The van der Waals surface area contributed by atoms with Gasteiger partial charge in [0.2, 0.25) is 15.9 Å². The highest BCUT2D eigenvalue weighted by Crippen LogP contribution is 2.10. The molecule has 0 radical (unpaired) electrons. The summed E-state index contributed by atoms with van der Waals surface area (Å²) in [7, 11) is -2.17. The number of carbonyl (C=O) groups excluding carboxylic acids is 2. The van der Waals surface area contributed by atoms with Crippen molar-refractivity contribution in [2.24, 2.45) is 0 Å². The Kier molecular flexibility index (Phi) is 8.71. The Labute approximate surface area is 169 Å². The summed E-state index contributed by atoms with van der Waals surface area (Å²) in [5, 5.41) is 5.39. The number of nitrogens with zero attached hydrogens (tertiary/aromatic N) is 1. The second-order valence-corrected chi connectivity index (χ2v) is 7.82. The molecule has 0 unspecified atom stereocenters. The number of methoxy groups -OCH3 is 1. The second-order valence-electron chi connectivity index (χ2n) is 6.05. The first-order valence-electron chi connectivity index (χ1n) is 8.95. The maximum atomic E-state index is 12.1. The maximum Gasteiger partial charge on any atom is 0.251 e. The Bertz CT molecular complexity index is 902. The summed E-state index contributed by atoms with van der Waals surface area (Å²) in [6.45, 7) is 0.976. The Hall–Kier alpha value is -2.82. The molecule has 0 spiro atoms. The van der Waals surface area contributed by atoms with Crippen LogP contribution in [0.4, 0.5) is 0 Å². The predicted molar refractivity (Wildman–Crippen MR) is 107 cm³/mol. The van der Waals surface area contributed by atoms with E-state index in [9.17, 15) is 18.0 Å². The van der Waals surface area contributed by atoms with Crippen LogP contribution < -0.4 is 15.4 Å². The molecule has 9 nitrogen and oxygen atoms in total. The van der Waals surface area contributed by atoms with Crippen LogP contribution in [-0.2, 0) is 26.1 Å². The van der Waals surface area contributed by atoms with Crippen LogP contribution in [0, 0.1) is 0 Å². The molecule has 10 heteroatoms. The Morgan fingerprint density at radius 1 is 1.00 bits per heavy atom. The molecule has 1 aromatic carbocycles. The Morgan fingerprint density at radius 3 is 2.34 bits per heavy atom. The van der Waals surface area contributed by atoms with Crippen molar-refractivity contribution in [2.75, 3.05) is 26.8 Å². The third kappa shape index (κ3) is 7.60. The molecular formula is C19H24N4O5S. The normalized spacial score (nSPS) is 11.1. The lowest BCUT2D eigenvalue weighted by Gasteiger charge is -2.08. The zero-order chi connectivity index (χ0) is 21.1. The number of amides is 2. The molecule has 0 atom stereocenters. The first-order chi connectivity index (χ1) is 13.9. The monoisotopic (exact) mass is 420 g/mol. The van der Waals surface area contributed by atoms with Gasteiger partial charge in [-0.1, -0.05) is 0 Å². The van der Waals surface area contributed by atoms with Crippen LogP contribution in [0.1, 0.15) is 22.3 Å². The fraction of sp³-hybridized carbons (Fsp3) is 0.316. The number of nitrogens with one attached hydrogen (secondary N) is 3. The summed E-state index contributed by atoms with van der Waals surface area (Å²) in [4.78, 5) is 27.9. The fourth-order valence-electron chi connectivity index (χ4n) is 2.33. The molecule has 0 aliphatic rings. The predicted octanol–water partition coefficient (Wildman–Crippen LogP) is 0.443. The average Bonchev–Trinajstić information content (AvgIpc) is 2.73. The lowest BCUT2D eigenvalue weighted by molar-refractivity contribution is -0.121. The van der Waals surface area contributed by atoms with E-state index in [-0.39, 0.29) is 42.8 Å². The molecule has 0 saturated heterocycles. The van der Waals surface area contributed by atoms with Crippen molar-refractivity contribution in [3.8, 4) is 0 Å². The smallest absolute Gasteiger partial charge is 0.251 e. The molecule has 29 heavy (non-hydrogen) atoms. The molecule has 0 bridgehead atoms. The van der Waals surface area contributed by atoms with E-state index in [1.165, 1.54) is 31.4 Å². The van der Waals surface area contributed by atoms with Crippen LogP contribution in [0.2, 0.25) is 0 Å². The Morgan fingerprint density at radius 2 is 1.69 bits per heavy atom. The largest absolute Gasteiger partial charge is 0.383 e. The fourth-order valence-corrected chi connectivity index (χ4v) is 3.34. The minimum Gasteiger partial charge on any atom is -0.383 e. The van der Waals surface area contributed by atoms with Gasteiger partial charge >= 0.3 is 0 Å². The Balaban J connectivity index is 1.76. The van der Waals surface area contributed by atoms with Crippen LogP contribution in [0.15, 0.2) is 53.7 Å². The summed E-state index contributed by atoms with van der Waals surface area (Å²) >= 11 is 0. The number of carbonyl (C=O) groups is 2. The number of rotatable bonds is 11. The molecule has 0 aliphatic carbocycles. The van der Waals surface area contributed by atoms with Crippen molar-refractivity contribution in [1.29, 1.82) is 0 Å². The van der Waals surface area contributed by atoms with E-state index < -0.39 is 10.0 Å². The first kappa shape index (κ1) is 22.5. The molecule has 3 N–H and O–H groups in total. The van der Waals surface area contributed by atoms with Crippen molar-refractivity contribution < 1.29 is 22.7 Å². The number of sulfonamides is 1. The lowest BCUT2D eigenvalue weighted by Crippen LogP contribution is -2.30. The second kappa shape index (κ2) is 11.2. The molecule has 2 aromatic rings. The molecule has 0 aliphatic heterocycles. The highest BCUT2D eigenvalue weighted by molar-refractivity contribution is 7.89. The highest BCUT2D eigenvalue weighted by atomic mass is 32.2. The summed E-state index contributed by atoms with van der Waals surface area (Å²) in [6.07, 6.45) is 3.43. The SMILES string of the molecule is COCCNS(=O)(=O)c1ccc(C(=O)NCCC(=O)NCc2ccncc2)cc1. The molecular weight excluding hydrogens is 396 g/mol. The van der Waals surface area contributed by atoms with Gasteiger partial charge in [-0.05, 0) is 42.0 Å². The minimum atomic E-state index is -3.65. The van der Waals surface area contributed by atoms with Gasteiger partial charge in [0.1, 0.15) is 0 Å². The average molecular weight is 420 g/mol. The number of benzene rings is 1. The van der Waals surface area contributed by atoms with Crippen molar-refractivity contribution >= 4 is 21.8 Å². The molecule has 1 heterocycles. The van der Waals surface area contributed by atoms with Gasteiger partial charge in [0.05, 0.1) is 11.5 Å². The molecule has 2 rings (SSSR count). The van der Waals surface area contributed by atoms with Crippen LogP contribution in [-0.4, -0.2) is 52.0 Å². The van der Waals surface area contributed by atoms with Gasteiger partial charge in [-0.15, -0.1) is 0 Å². The van der Waals surface area contributed by atoms with E-state index in [1.54, 1.807) is 24.5 Å². The third-order valence-corrected chi connectivity index (χ3v) is 5.38. The van der Waals surface area contributed by atoms with Crippen molar-refractivity contribution in [1.82, 2.24) is 20.3 Å². The maximum absolute atomic E-state index is 12.1. The van der Waals surface area contributed by atoms with E-state index in [0.717, 1.165) is 5.56 Å². The number of hydrogen-bond acceptors (Lipinski definition) is 6. The van der Waals surface area contributed by atoms with Gasteiger partial charge < -0.3 is 15.4 Å². The lowest BCUT2D eigenvalue weighted by atomic mass is 10.2. The van der Waals surface area contributed by atoms with Crippen molar-refractivity contribution in [3.05, 3.63) is 59.9 Å². The third-order valence-electron chi connectivity index (χ3n) is 3.90. The summed E-state index contributed by atoms with van der Waals surface area (Å²) in [5.41, 5.74) is 1.24. The number of hydrogen-bond donors (Lipinski definition) is 3. The molecule has 0 fully saturated rings. The van der Waals surface area contributed by atoms with Gasteiger partial charge in [0.15, 0.2) is 0 Å². The van der Waals surface area contributed by atoms with Gasteiger partial charge in [0.25, 0.3) is 5.91 Å². The van der Waals surface area contributed by atoms with Crippen LogP contribution in [0.5, 0.6) is 0 Å². The van der Waals surface area contributed by atoms with Crippen LogP contribution in [0.25, 0.3) is 0 Å². The van der Waals surface area contributed by atoms with E-state index >= 15 is 0 Å². The topological polar surface area (TPSA) is 126 Å². The van der Waals surface area contributed by atoms with Gasteiger partial charge in [-0.25, -0.2) is 13.1 Å². The van der Waals surface area contributed by atoms with Gasteiger partial charge in [0, 0.05) is 51.1 Å². The van der Waals surface area contributed by atoms with Crippen LogP contribution in [0.3, 0.4) is 0 Å². The van der Waals surface area contributed by atoms with E-state index in [4.69, 9.17) is 4.74 Å². The van der Waals surface area contributed by atoms with Crippen molar-refractivity contribution in [3.63, 3.8) is 0 Å². The molecule has 1 aromatic heterocycles. The first-order valence-corrected chi connectivity index (χ1v) is 10.4. The summed E-state index contributed by atoms with van der Waals surface area (Å²) in [6, 6.07) is 9.16. The van der Waals surface area contributed by atoms with Crippen LogP contribution >= 0.6 is 0 Å². The number of aromatic nitrogens is 1. The highest BCUT2D eigenvalue weighted by Gasteiger charge is 2.14. The number of pyridine rings is 1. The zero-order valence-electron chi connectivity index (χ0n) is 16.1. The van der Waals surface area contributed by atoms with Gasteiger partial charge in [-0.3, -0.25) is 14.6 Å². The summed E-state index contributed by atoms with van der Waals surface area (Å²) in [5.74, 6) is -0.575.